The second kappa shape index (κ2) is 14.7. The van der Waals surface area contributed by atoms with Crippen molar-refractivity contribution in [3.63, 3.8) is 0 Å². The summed E-state index contributed by atoms with van der Waals surface area (Å²) in [6.07, 6.45) is -5.37. The van der Waals surface area contributed by atoms with Gasteiger partial charge >= 0.3 is 29.6 Å². The van der Waals surface area contributed by atoms with Crippen LogP contribution in [0.1, 0.15) is 98.8 Å². The van der Waals surface area contributed by atoms with E-state index in [1.54, 1.807) is 6.92 Å². The van der Waals surface area contributed by atoms with Crippen molar-refractivity contribution in [2.75, 3.05) is 0 Å². The topological polar surface area (TPSA) is 223 Å². The first kappa shape index (κ1) is 40.5. The number of aliphatic carboxylic acids is 1. The predicted molar refractivity (Wildman–Crippen MR) is 161 cm³/mol. The molecule has 15 heteroatoms. The van der Waals surface area contributed by atoms with Gasteiger partial charge in [0, 0.05) is 12.8 Å². The summed E-state index contributed by atoms with van der Waals surface area (Å²) in [6.45, 7) is 10.0. The number of carbonyl (C=O) groups excluding carboxylic acids is 2. The molecule has 4 aliphatic carbocycles. The third-order valence-corrected chi connectivity index (χ3v) is 13.4. The molecule has 0 spiro atoms. The molecule has 4 N–H and O–H groups in total. The van der Waals surface area contributed by atoms with Crippen molar-refractivity contribution in [3.05, 3.63) is 0 Å². The van der Waals surface area contributed by atoms with Crippen LogP contribution in [-0.4, -0.2) is 93.7 Å². The minimum atomic E-state index is -5.08. The van der Waals surface area contributed by atoms with Crippen LogP contribution in [0.15, 0.2) is 0 Å². The summed E-state index contributed by atoms with van der Waals surface area (Å²) in [7, 11) is -5.08. The number of aliphatic hydroxyl groups is 4. The summed E-state index contributed by atoms with van der Waals surface area (Å²) in [5.74, 6) is -1.76. The molecule has 5 fully saturated rings. The molecule has 0 bridgehead atoms. The summed E-state index contributed by atoms with van der Waals surface area (Å²) in [4.78, 5) is 24.3. The molecule has 5 rings (SSSR count). The predicted octanol–water partition coefficient (Wildman–Crippen LogP) is -2.20. The van der Waals surface area contributed by atoms with E-state index in [0.717, 1.165) is 25.7 Å². The minimum Gasteiger partial charge on any atom is -0.726 e. The Morgan fingerprint density at radius 1 is 0.958 bits per heavy atom. The van der Waals surface area contributed by atoms with Gasteiger partial charge in [-0.15, -0.1) is 0 Å². The smallest absolute Gasteiger partial charge is 0.726 e. The average Bonchev–Trinajstić information content (AvgIpc) is 3.30. The van der Waals surface area contributed by atoms with E-state index in [2.05, 4.69) is 13.8 Å². The number of aliphatic hydroxyl groups excluding tert-OH is 3. The molecule has 0 radical (unpaired) electrons. The Balaban J connectivity index is 0.00000520. The second-order valence-electron chi connectivity index (χ2n) is 16.4. The van der Waals surface area contributed by atoms with Crippen molar-refractivity contribution >= 4 is 22.2 Å². The Morgan fingerprint density at radius 3 is 2.19 bits per heavy atom. The molecule has 1 saturated heterocycles. The van der Waals surface area contributed by atoms with Crippen LogP contribution < -0.4 is 34.7 Å². The normalized spacial score (nSPS) is 45.6. The molecule has 13 nitrogen and oxygen atoms in total. The molecule has 4 saturated carbocycles. The fraction of sp³-hybridized carbons (Fsp3) is 0.939. The maximum atomic E-state index is 12.8. The van der Waals surface area contributed by atoms with Gasteiger partial charge in [-0.05, 0) is 105 Å². The first-order chi connectivity index (χ1) is 21.7. The average molecular weight is 712 g/mol. The van der Waals surface area contributed by atoms with Gasteiger partial charge in [0.25, 0.3) is 0 Å². The number of ketones is 1. The molecule has 270 valence electrons. The van der Waals surface area contributed by atoms with Crippen molar-refractivity contribution in [2.45, 2.75) is 147 Å². The number of hydrogen-bond donors (Lipinski definition) is 4. The van der Waals surface area contributed by atoms with Crippen LogP contribution in [0, 0.1) is 46.3 Å². The van der Waals surface area contributed by atoms with Crippen molar-refractivity contribution in [1.82, 2.24) is 0 Å². The van der Waals surface area contributed by atoms with Gasteiger partial charge in [-0.25, -0.2) is 8.42 Å². The standard InChI is InChI=1S/C33H54O13S.Na/c1-16(2)12-17(34)15-33(5,40)24-7-6-20-19-14-23(46-47(41,42)43)22-13-18(8-10-31(22,3)21(19)9-11-32(20,24)4)44-30-27(37)25(35)26(36)28(45-30)29(38)39;/h16,18-28,30,35-37,40H,6-15H2,1-5H3,(H,38,39)(H,41,42,43);/q;+1/p-2/t18-,19?,20?,21?,22?,23?,24-,25?,26?,27?,28?,30?,31+,32-,33?;/m0./s1. The van der Waals surface area contributed by atoms with Crippen LogP contribution in [-0.2, 0) is 33.6 Å². The summed E-state index contributed by atoms with van der Waals surface area (Å²) < 4.78 is 52.7. The Morgan fingerprint density at radius 2 is 1.58 bits per heavy atom. The molecule has 1 heterocycles. The zero-order chi connectivity index (χ0) is 34.9. The van der Waals surface area contributed by atoms with Crippen LogP contribution in [0.3, 0.4) is 0 Å². The van der Waals surface area contributed by atoms with E-state index in [0.29, 0.717) is 25.7 Å². The van der Waals surface area contributed by atoms with Gasteiger partial charge < -0.3 is 44.4 Å². The van der Waals surface area contributed by atoms with Gasteiger partial charge in [-0.2, -0.15) is 0 Å². The summed E-state index contributed by atoms with van der Waals surface area (Å²) in [5, 5.41) is 54.0. The molecule has 11 unspecified atom stereocenters. The van der Waals surface area contributed by atoms with Crippen LogP contribution in [0.2, 0.25) is 0 Å². The van der Waals surface area contributed by atoms with Crippen LogP contribution in [0.4, 0.5) is 0 Å². The number of carbonyl (C=O) groups is 2. The Kier molecular flexibility index (Phi) is 12.4. The maximum Gasteiger partial charge on any atom is 1.00 e. The van der Waals surface area contributed by atoms with Crippen LogP contribution in [0.25, 0.3) is 0 Å². The van der Waals surface area contributed by atoms with Gasteiger partial charge in [-0.1, -0.05) is 27.7 Å². The molecule has 1 aliphatic heterocycles. The largest absolute Gasteiger partial charge is 1.00 e. The minimum absolute atomic E-state index is 0. The molecular formula is C33H52NaO13S-. The zero-order valence-corrected chi connectivity index (χ0v) is 31.8. The monoisotopic (exact) mass is 711 g/mol. The zero-order valence-electron chi connectivity index (χ0n) is 28.9. The second-order valence-corrected chi connectivity index (χ2v) is 17.4. The fourth-order valence-corrected chi connectivity index (χ4v) is 11.5. The quantitative estimate of drug-likeness (QED) is 0.0819. The van der Waals surface area contributed by atoms with Crippen molar-refractivity contribution in [3.8, 4) is 0 Å². The van der Waals surface area contributed by atoms with Gasteiger partial charge in [0.05, 0.1) is 23.8 Å². The van der Waals surface area contributed by atoms with Gasteiger partial charge in [-0.3, -0.25) is 8.98 Å². The van der Waals surface area contributed by atoms with Crippen LogP contribution >= 0.6 is 0 Å². The molecule has 0 aromatic rings. The maximum absolute atomic E-state index is 12.8. The van der Waals surface area contributed by atoms with E-state index in [9.17, 15) is 48.1 Å². The molecule has 0 amide bonds. The number of rotatable bonds is 10. The third kappa shape index (κ3) is 7.75. The Hall–Kier alpha value is -0.230. The van der Waals surface area contributed by atoms with Gasteiger partial charge in [0.15, 0.2) is 6.29 Å². The number of carboxylic acids is 1. The third-order valence-electron chi connectivity index (χ3n) is 12.9. The number of hydrogen-bond acceptors (Lipinski definition) is 13. The van der Waals surface area contributed by atoms with E-state index in [1.165, 1.54) is 0 Å². The molecule has 5 aliphatic rings. The van der Waals surface area contributed by atoms with Crippen molar-refractivity contribution in [1.29, 1.82) is 0 Å². The molecule has 0 aromatic heterocycles. The summed E-state index contributed by atoms with van der Waals surface area (Å²) in [5.41, 5.74) is -1.91. The first-order valence-electron chi connectivity index (χ1n) is 17.1. The molecule has 0 aromatic carbocycles. The van der Waals surface area contributed by atoms with Crippen molar-refractivity contribution < 1.29 is 91.3 Å². The van der Waals surface area contributed by atoms with Gasteiger partial charge in [0.1, 0.15) is 30.2 Å². The van der Waals surface area contributed by atoms with E-state index < -0.39 is 76.2 Å². The number of Topliss-reactive ketones (excluding diaryl/α,β-unsaturated/α-hetero) is 1. The molecule has 15 atom stereocenters. The number of ether oxygens (including phenoxy) is 2. The van der Waals surface area contributed by atoms with Crippen LogP contribution in [0.5, 0.6) is 0 Å². The SMILES string of the molecule is CC(C)CC(=O)CC(C)(O)[C@H]1CCC2C3CC(OS(=O)(=O)[O-])C4C[C@@H](OC5OC(C(=O)[O-])C(O)C(O)C5O)CC[C@]4(C)C3CC[C@@]21C.[Na+]. The fourth-order valence-electron chi connectivity index (χ4n) is 11.0. The number of carboxylic acid groups (broad SMARTS) is 1. The van der Waals surface area contributed by atoms with E-state index in [4.69, 9.17) is 13.7 Å². The first-order valence-corrected chi connectivity index (χ1v) is 18.5. The van der Waals surface area contributed by atoms with E-state index in [1.807, 2.05) is 13.8 Å². The summed E-state index contributed by atoms with van der Waals surface area (Å²) in [6, 6.07) is 0. The van der Waals surface area contributed by atoms with E-state index >= 15 is 0 Å². The van der Waals surface area contributed by atoms with Crippen molar-refractivity contribution in [2.24, 2.45) is 46.3 Å². The molecule has 48 heavy (non-hydrogen) atoms. The van der Waals surface area contributed by atoms with Gasteiger partial charge in [0.2, 0.25) is 10.4 Å². The van der Waals surface area contributed by atoms with E-state index in [-0.39, 0.29) is 83.2 Å². The molecular weight excluding hydrogens is 659 g/mol. The summed E-state index contributed by atoms with van der Waals surface area (Å²) >= 11 is 0. The Labute approximate surface area is 305 Å². The Bertz CT molecular complexity index is 1290. The number of fused-ring (bicyclic) bond motifs is 5.